The molecule has 1 amide bonds. The van der Waals surface area contributed by atoms with Gasteiger partial charge in [0.05, 0.1) is 6.54 Å². The third-order valence-corrected chi connectivity index (χ3v) is 1.30. The summed E-state index contributed by atoms with van der Waals surface area (Å²) in [6.07, 6.45) is 0. The van der Waals surface area contributed by atoms with Crippen LogP contribution in [0.1, 0.15) is 6.92 Å². The van der Waals surface area contributed by atoms with Crippen LogP contribution in [0.15, 0.2) is 0 Å². The first-order valence-corrected chi connectivity index (χ1v) is 3.72. The van der Waals surface area contributed by atoms with Crippen LogP contribution in [0.4, 0.5) is 0 Å². The average Bonchev–Trinajstić information content (AvgIpc) is 2.01. The van der Waals surface area contributed by atoms with Crippen LogP contribution in [0.2, 0.25) is 0 Å². The molecular weight excluding hydrogens is 144 g/mol. The fraction of sp³-hybridized carbons (Fsp3) is 0.857. The van der Waals surface area contributed by atoms with Crippen LogP contribution in [-0.2, 0) is 4.79 Å². The first kappa shape index (κ1) is 10.4. The van der Waals surface area contributed by atoms with Gasteiger partial charge in [0.25, 0.3) is 0 Å². The second kappa shape index (κ2) is 6.12. The Hall–Kier alpha value is -0.610. The lowest BCUT2D eigenvalue weighted by molar-refractivity contribution is -0.120. The van der Waals surface area contributed by atoms with Gasteiger partial charge in [-0.05, 0) is 13.0 Å². The van der Waals surface area contributed by atoms with Crippen molar-refractivity contribution in [2.45, 2.75) is 6.92 Å². The van der Waals surface area contributed by atoms with Crippen molar-refractivity contribution < 1.29 is 9.90 Å². The maximum atomic E-state index is 10.8. The maximum absolute atomic E-state index is 10.8. The van der Waals surface area contributed by atoms with Crippen LogP contribution in [0.5, 0.6) is 0 Å². The van der Waals surface area contributed by atoms with E-state index in [1.54, 1.807) is 7.05 Å². The van der Waals surface area contributed by atoms with E-state index in [2.05, 4.69) is 10.6 Å². The fourth-order valence-corrected chi connectivity index (χ4v) is 0.576. The number of hydrogen-bond donors (Lipinski definition) is 3. The Morgan fingerprint density at radius 2 is 2.27 bits per heavy atom. The Bertz CT molecular complexity index is 117. The normalized spacial score (nSPS) is 12.6. The summed E-state index contributed by atoms with van der Waals surface area (Å²) < 4.78 is 0. The van der Waals surface area contributed by atoms with Gasteiger partial charge in [0.1, 0.15) is 0 Å². The van der Waals surface area contributed by atoms with Crippen molar-refractivity contribution in [2.75, 3.05) is 26.7 Å². The molecule has 1 unspecified atom stereocenters. The molecule has 0 heterocycles. The molecule has 4 heteroatoms. The SMILES string of the molecule is CNCC(=O)NCC(C)CO. The van der Waals surface area contributed by atoms with Crippen LogP contribution < -0.4 is 10.6 Å². The minimum absolute atomic E-state index is 0.0344. The monoisotopic (exact) mass is 160 g/mol. The standard InChI is InChI=1S/C7H16N2O2/c1-6(5-10)3-9-7(11)4-8-2/h6,8,10H,3-5H2,1-2H3,(H,9,11). The highest BCUT2D eigenvalue weighted by Crippen LogP contribution is 1.87. The summed E-state index contributed by atoms with van der Waals surface area (Å²) in [5, 5.41) is 14.0. The quantitative estimate of drug-likeness (QED) is 0.481. The van der Waals surface area contributed by atoms with Crippen molar-refractivity contribution in [1.29, 1.82) is 0 Å². The summed E-state index contributed by atoms with van der Waals surface area (Å²) in [5.74, 6) is 0.101. The van der Waals surface area contributed by atoms with Crippen LogP contribution in [0.25, 0.3) is 0 Å². The van der Waals surface area contributed by atoms with Crippen molar-refractivity contribution in [3.63, 3.8) is 0 Å². The van der Waals surface area contributed by atoms with Gasteiger partial charge in [0.15, 0.2) is 0 Å². The number of aliphatic hydroxyl groups excluding tert-OH is 1. The van der Waals surface area contributed by atoms with E-state index in [9.17, 15) is 4.79 Å². The Morgan fingerprint density at radius 1 is 1.64 bits per heavy atom. The molecule has 0 aliphatic carbocycles. The van der Waals surface area contributed by atoms with Crippen LogP contribution in [-0.4, -0.2) is 37.8 Å². The predicted octanol–water partition coefficient (Wildman–Crippen LogP) is -1.05. The van der Waals surface area contributed by atoms with Gasteiger partial charge in [-0.3, -0.25) is 4.79 Å². The predicted molar refractivity (Wildman–Crippen MR) is 43.2 cm³/mol. The number of amides is 1. The first-order valence-electron chi connectivity index (χ1n) is 3.72. The van der Waals surface area contributed by atoms with E-state index in [4.69, 9.17) is 5.11 Å². The number of nitrogens with one attached hydrogen (secondary N) is 2. The Balaban J connectivity index is 3.30. The molecule has 0 radical (unpaired) electrons. The van der Waals surface area contributed by atoms with E-state index in [0.29, 0.717) is 13.1 Å². The van der Waals surface area contributed by atoms with E-state index in [0.717, 1.165) is 0 Å². The highest BCUT2D eigenvalue weighted by molar-refractivity contribution is 5.77. The maximum Gasteiger partial charge on any atom is 0.233 e. The summed E-state index contributed by atoms with van der Waals surface area (Å²) in [5.41, 5.74) is 0. The molecule has 66 valence electrons. The Kier molecular flexibility index (Phi) is 5.78. The van der Waals surface area contributed by atoms with Crippen LogP contribution in [0, 0.1) is 5.92 Å². The molecule has 4 nitrogen and oxygen atoms in total. The van der Waals surface area contributed by atoms with Crippen LogP contribution in [0.3, 0.4) is 0 Å². The summed E-state index contributed by atoms with van der Waals surface area (Å²) in [4.78, 5) is 10.8. The molecule has 0 saturated carbocycles. The molecule has 0 spiro atoms. The minimum Gasteiger partial charge on any atom is -0.396 e. The van der Waals surface area contributed by atoms with E-state index in [-0.39, 0.29) is 18.4 Å². The first-order chi connectivity index (χ1) is 5.20. The molecular formula is C7H16N2O2. The molecule has 0 aromatic rings. The number of carbonyl (C=O) groups is 1. The summed E-state index contributed by atoms with van der Waals surface area (Å²) >= 11 is 0. The third kappa shape index (κ3) is 5.82. The summed E-state index contributed by atoms with van der Waals surface area (Å²) in [6.45, 7) is 2.86. The van der Waals surface area contributed by atoms with Gasteiger partial charge in [0, 0.05) is 13.2 Å². The highest BCUT2D eigenvalue weighted by atomic mass is 16.3. The van der Waals surface area contributed by atoms with Gasteiger partial charge in [-0.15, -0.1) is 0 Å². The molecule has 11 heavy (non-hydrogen) atoms. The average molecular weight is 160 g/mol. The second-order valence-electron chi connectivity index (χ2n) is 2.62. The molecule has 0 aromatic heterocycles. The molecule has 0 aromatic carbocycles. The van der Waals surface area contributed by atoms with E-state index >= 15 is 0 Å². The lowest BCUT2D eigenvalue weighted by Crippen LogP contribution is -2.35. The third-order valence-electron chi connectivity index (χ3n) is 1.30. The van der Waals surface area contributed by atoms with Gasteiger partial charge < -0.3 is 15.7 Å². The number of likely N-dealkylation sites (N-methyl/N-ethyl adjacent to an activating group) is 1. The Morgan fingerprint density at radius 3 is 2.73 bits per heavy atom. The zero-order valence-corrected chi connectivity index (χ0v) is 7.05. The van der Waals surface area contributed by atoms with Gasteiger partial charge in [-0.1, -0.05) is 6.92 Å². The van der Waals surface area contributed by atoms with E-state index in [1.165, 1.54) is 0 Å². The molecule has 0 saturated heterocycles. The van der Waals surface area contributed by atoms with Gasteiger partial charge in [-0.25, -0.2) is 0 Å². The van der Waals surface area contributed by atoms with Gasteiger partial charge >= 0.3 is 0 Å². The minimum atomic E-state index is -0.0344. The largest absolute Gasteiger partial charge is 0.396 e. The molecule has 0 aliphatic rings. The van der Waals surface area contributed by atoms with Crippen molar-refractivity contribution in [2.24, 2.45) is 5.92 Å². The lowest BCUT2D eigenvalue weighted by Gasteiger charge is -2.08. The van der Waals surface area contributed by atoms with E-state index < -0.39 is 0 Å². The molecule has 1 atom stereocenters. The zero-order valence-electron chi connectivity index (χ0n) is 7.05. The molecule has 0 rings (SSSR count). The Labute approximate surface area is 67.0 Å². The number of carbonyl (C=O) groups excluding carboxylic acids is 1. The zero-order chi connectivity index (χ0) is 8.69. The van der Waals surface area contributed by atoms with Gasteiger partial charge in [-0.2, -0.15) is 0 Å². The fourth-order valence-electron chi connectivity index (χ4n) is 0.576. The topological polar surface area (TPSA) is 61.4 Å². The molecule has 3 N–H and O–H groups in total. The van der Waals surface area contributed by atoms with Crippen molar-refractivity contribution in [3.05, 3.63) is 0 Å². The second-order valence-corrected chi connectivity index (χ2v) is 2.62. The van der Waals surface area contributed by atoms with Gasteiger partial charge in [0.2, 0.25) is 5.91 Å². The van der Waals surface area contributed by atoms with E-state index in [1.807, 2.05) is 6.92 Å². The number of hydrogen-bond acceptors (Lipinski definition) is 3. The van der Waals surface area contributed by atoms with Crippen molar-refractivity contribution in [3.8, 4) is 0 Å². The summed E-state index contributed by atoms with van der Waals surface area (Å²) in [6, 6.07) is 0. The van der Waals surface area contributed by atoms with Crippen LogP contribution >= 0.6 is 0 Å². The number of aliphatic hydroxyl groups is 1. The summed E-state index contributed by atoms with van der Waals surface area (Å²) in [7, 11) is 1.72. The number of rotatable bonds is 5. The molecule has 0 fully saturated rings. The molecule has 0 aliphatic heterocycles. The lowest BCUT2D eigenvalue weighted by atomic mass is 10.2. The smallest absolute Gasteiger partial charge is 0.233 e. The van der Waals surface area contributed by atoms with Crippen molar-refractivity contribution in [1.82, 2.24) is 10.6 Å². The highest BCUT2D eigenvalue weighted by Gasteiger charge is 2.02. The van der Waals surface area contributed by atoms with Crippen molar-refractivity contribution >= 4 is 5.91 Å². The molecule has 0 bridgehead atoms.